The van der Waals surface area contributed by atoms with Crippen molar-refractivity contribution in [2.75, 3.05) is 26.7 Å². The van der Waals surface area contributed by atoms with Crippen LogP contribution >= 0.6 is 0 Å². The Bertz CT molecular complexity index is 563. The summed E-state index contributed by atoms with van der Waals surface area (Å²) in [6.45, 7) is 6.11. The molecule has 0 saturated carbocycles. The average Bonchev–Trinajstić information content (AvgIpc) is 2.51. The maximum absolute atomic E-state index is 10.2. The monoisotopic (exact) mass is 299 g/mol. The third kappa shape index (κ3) is 4.58. The third-order valence-corrected chi connectivity index (χ3v) is 3.80. The number of aryl methyl sites for hydroxylation is 2. The second-order valence-corrected chi connectivity index (χ2v) is 5.76. The molecule has 118 valence electrons. The SMILES string of the molecule is Cc1cccc(C)c1OCCN(C)CC(O)c1ccccc1. The molecule has 0 aliphatic carbocycles. The summed E-state index contributed by atoms with van der Waals surface area (Å²) in [5, 5.41) is 10.2. The third-order valence-electron chi connectivity index (χ3n) is 3.80. The normalized spacial score (nSPS) is 12.4. The molecule has 2 aromatic rings. The summed E-state index contributed by atoms with van der Waals surface area (Å²) in [5.41, 5.74) is 3.27. The molecule has 0 amide bonds. The lowest BCUT2D eigenvalue weighted by Crippen LogP contribution is -2.29. The van der Waals surface area contributed by atoms with Crippen molar-refractivity contribution in [2.24, 2.45) is 0 Å². The van der Waals surface area contributed by atoms with Crippen LogP contribution in [0.2, 0.25) is 0 Å². The number of aliphatic hydroxyl groups is 1. The molecule has 0 heterocycles. The van der Waals surface area contributed by atoms with Gasteiger partial charge in [-0.15, -0.1) is 0 Å². The first kappa shape index (κ1) is 16.5. The number of para-hydroxylation sites is 1. The van der Waals surface area contributed by atoms with Gasteiger partial charge in [-0.05, 0) is 37.6 Å². The molecule has 0 saturated heterocycles. The lowest BCUT2D eigenvalue weighted by Gasteiger charge is -2.21. The van der Waals surface area contributed by atoms with Crippen LogP contribution in [-0.2, 0) is 0 Å². The fourth-order valence-electron chi connectivity index (χ4n) is 2.50. The number of likely N-dealkylation sites (N-methyl/N-ethyl adjacent to an activating group) is 1. The van der Waals surface area contributed by atoms with Gasteiger partial charge in [-0.3, -0.25) is 0 Å². The van der Waals surface area contributed by atoms with Crippen LogP contribution in [0.3, 0.4) is 0 Å². The number of aliphatic hydroxyl groups excluding tert-OH is 1. The largest absolute Gasteiger partial charge is 0.492 e. The highest BCUT2D eigenvalue weighted by Crippen LogP contribution is 2.22. The topological polar surface area (TPSA) is 32.7 Å². The van der Waals surface area contributed by atoms with Gasteiger partial charge in [0, 0.05) is 13.1 Å². The molecule has 22 heavy (non-hydrogen) atoms. The van der Waals surface area contributed by atoms with Gasteiger partial charge in [0.05, 0.1) is 6.10 Å². The van der Waals surface area contributed by atoms with Crippen LogP contribution in [0.25, 0.3) is 0 Å². The zero-order valence-electron chi connectivity index (χ0n) is 13.6. The summed E-state index contributed by atoms with van der Waals surface area (Å²) in [6, 6.07) is 15.9. The van der Waals surface area contributed by atoms with Crippen LogP contribution in [0.5, 0.6) is 5.75 Å². The van der Waals surface area contributed by atoms with Crippen molar-refractivity contribution in [1.29, 1.82) is 0 Å². The lowest BCUT2D eigenvalue weighted by molar-refractivity contribution is 0.117. The Hall–Kier alpha value is -1.84. The highest BCUT2D eigenvalue weighted by atomic mass is 16.5. The van der Waals surface area contributed by atoms with E-state index < -0.39 is 6.10 Å². The van der Waals surface area contributed by atoms with E-state index in [1.54, 1.807) is 0 Å². The summed E-state index contributed by atoms with van der Waals surface area (Å²) >= 11 is 0. The van der Waals surface area contributed by atoms with Crippen molar-refractivity contribution in [3.63, 3.8) is 0 Å². The van der Waals surface area contributed by atoms with Crippen molar-refractivity contribution in [1.82, 2.24) is 4.90 Å². The van der Waals surface area contributed by atoms with E-state index in [2.05, 4.69) is 30.9 Å². The number of benzene rings is 2. The van der Waals surface area contributed by atoms with Gasteiger partial charge in [-0.25, -0.2) is 0 Å². The maximum Gasteiger partial charge on any atom is 0.125 e. The van der Waals surface area contributed by atoms with Crippen molar-refractivity contribution in [3.8, 4) is 5.75 Å². The van der Waals surface area contributed by atoms with Gasteiger partial charge in [0.25, 0.3) is 0 Å². The molecular weight excluding hydrogens is 274 g/mol. The van der Waals surface area contributed by atoms with Crippen LogP contribution < -0.4 is 4.74 Å². The Morgan fingerprint density at radius 3 is 2.27 bits per heavy atom. The highest BCUT2D eigenvalue weighted by Gasteiger charge is 2.10. The molecule has 0 aromatic heterocycles. The minimum Gasteiger partial charge on any atom is -0.492 e. The highest BCUT2D eigenvalue weighted by molar-refractivity contribution is 5.39. The van der Waals surface area contributed by atoms with Crippen molar-refractivity contribution < 1.29 is 9.84 Å². The van der Waals surface area contributed by atoms with Crippen LogP contribution in [0.15, 0.2) is 48.5 Å². The second-order valence-electron chi connectivity index (χ2n) is 5.76. The Morgan fingerprint density at radius 2 is 1.64 bits per heavy atom. The van der Waals surface area contributed by atoms with Gasteiger partial charge in [0.2, 0.25) is 0 Å². The molecule has 0 spiro atoms. The summed E-state index contributed by atoms with van der Waals surface area (Å²) in [7, 11) is 2.00. The van der Waals surface area contributed by atoms with Crippen molar-refractivity contribution in [3.05, 3.63) is 65.2 Å². The summed E-state index contributed by atoms with van der Waals surface area (Å²) in [6.07, 6.45) is -0.466. The van der Waals surface area contributed by atoms with E-state index in [1.807, 2.05) is 43.4 Å². The Kier molecular flexibility index (Phi) is 5.99. The predicted molar refractivity (Wildman–Crippen MR) is 90.3 cm³/mol. The minimum atomic E-state index is -0.466. The van der Waals surface area contributed by atoms with Crippen LogP contribution in [0.1, 0.15) is 22.8 Å². The van der Waals surface area contributed by atoms with E-state index >= 15 is 0 Å². The number of nitrogens with zero attached hydrogens (tertiary/aromatic N) is 1. The molecule has 3 nitrogen and oxygen atoms in total. The van der Waals surface area contributed by atoms with Gasteiger partial charge < -0.3 is 14.7 Å². The van der Waals surface area contributed by atoms with E-state index in [0.29, 0.717) is 13.2 Å². The average molecular weight is 299 g/mol. The van der Waals surface area contributed by atoms with Crippen molar-refractivity contribution in [2.45, 2.75) is 20.0 Å². The molecule has 2 aromatic carbocycles. The fourth-order valence-corrected chi connectivity index (χ4v) is 2.50. The summed E-state index contributed by atoms with van der Waals surface area (Å²) in [5.74, 6) is 0.972. The molecule has 1 unspecified atom stereocenters. The Balaban J connectivity index is 1.80. The molecule has 0 radical (unpaired) electrons. The van der Waals surface area contributed by atoms with E-state index in [0.717, 1.165) is 29.0 Å². The molecule has 0 fully saturated rings. The second kappa shape index (κ2) is 7.97. The van der Waals surface area contributed by atoms with Gasteiger partial charge in [0.1, 0.15) is 12.4 Å². The van der Waals surface area contributed by atoms with Crippen LogP contribution in [0, 0.1) is 13.8 Å². The Morgan fingerprint density at radius 1 is 1.00 bits per heavy atom. The molecule has 0 aliphatic rings. The zero-order valence-corrected chi connectivity index (χ0v) is 13.6. The van der Waals surface area contributed by atoms with Crippen molar-refractivity contribution >= 4 is 0 Å². The molecule has 2 rings (SSSR count). The first-order chi connectivity index (χ1) is 10.6. The summed E-state index contributed by atoms with van der Waals surface area (Å²) in [4.78, 5) is 2.09. The number of rotatable bonds is 7. The first-order valence-corrected chi connectivity index (χ1v) is 7.68. The molecule has 0 aliphatic heterocycles. The molecule has 1 atom stereocenters. The molecular formula is C19H25NO2. The standard InChI is InChI=1S/C19H25NO2/c1-15-8-7-9-16(2)19(15)22-13-12-20(3)14-18(21)17-10-5-4-6-11-17/h4-11,18,21H,12-14H2,1-3H3. The van der Waals surface area contributed by atoms with Crippen LogP contribution in [-0.4, -0.2) is 36.8 Å². The van der Waals surface area contributed by atoms with E-state index in [1.165, 1.54) is 0 Å². The van der Waals surface area contributed by atoms with Gasteiger partial charge in [0.15, 0.2) is 0 Å². The molecule has 3 heteroatoms. The van der Waals surface area contributed by atoms with Gasteiger partial charge in [-0.1, -0.05) is 48.5 Å². The minimum absolute atomic E-state index is 0.466. The summed E-state index contributed by atoms with van der Waals surface area (Å²) < 4.78 is 5.90. The first-order valence-electron chi connectivity index (χ1n) is 7.68. The van der Waals surface area contributed by atoms with Crippen LogP contribution in [0.4, 0.5) is 0 Å². The van der Waals surface area contributed by atoms with E-state index in [-0.39, 0.29) is 0 Å². The molecule has 0 bridgehead atoms. The zero-order chi connectivity index (χ0) is 15.9. The maximum atomic E-state index is 10.2. The number of hydrogen-bond acceptors (Lipinski definition) is 3. The van der Waals surface area contributed by atoms with E-state index in [4.69, 9.17) is 4.74 Å². The fraction of sp³-hybridized carbons (Fsp3) is 0.368. The lowest BCUT2D eigenvalue weighted by atomic mass is 10.1. The Labute approximate surface area is 133 Å². The molecule has 1 N–H and O–H groups in total. The number of hydrogen-bond donors (Lipinski definition) is 1. The van der Waals surface area contributed by atoms with Gasteiger partial charge in [-0.2, -0.15) is 0 Å². The predicted octanol–water partition coefficient (Wildman–Crippen LogP) is 3.35. The number of ether oxygens (including phenoxy) is 1. The van der Waals surface area contributed by atoms with Gasteiger partial charge >= 0.3 is 0 Å². The van der Waals surface area contributed by atoms with E-state index in [9.17, 15) is 5.11 Å². The quantitative estimate of drug-likeness (QED) is 0.851. The smallest absolute Gasteiger partial charge is 0.125 e.